The number of hydrogen-bond acceptors (Lipinski definition) is 6. The molecule has 4 rings (SSSR count). The molecule has 1 saturated heterocycles. The van der Waals surface area contributed by atoms with Gasteiger partial charge in [0.2, 0.25) is 0 Å². The zero-order valence-electron chi connectivity index (χ0n) is 19.6. The van der Waals surface area contributed by atoms with Gasteiger partial charge in [-0.25, -0.2) is 4.98 Å². The van der Waals surface area contributed by atoms with Crippen molar-refractivity contribution in [3.63, 3.8) is 0 Å². The third-order valence-electron chi connectivity index (χ3n) is 6.41. The fourth-order valence-corrected chi connectivity index (χ4v) is 5.13. The predicted octanol–water partition coefficient (Wildman–Crippen LogP) is 5.58. The molecule has 2 aromatic carbocycles. The summed E-state index contributed by atoms with van der Waals surface area (Å²) in [6.07, 6.45) is 6.30. The van der Waals surface area contributed by atoms with Crippen LogP contribution in [0.4, 0.5) is 11.4 Å². The van der Waals surface area contributed by atoms with Crippen LogP contribution in [0.1, 0.15) is 37.3 Å². The Balaban J connectivity index is 1.37. The smallest absolute Gasteiger partial charge is 0.305 e. The predicted molar refractivity (Wildman–Crippen MR) is 137 cm³/mol. The van der Waals surface area contributed by atoms with E-state index >= 15 is 0 Å². The molecule has 0 N–H and O–H groups in total. The van der Waals surface area contributed by atoms with Crippen LogP contribution in [-0.4, -0.2) is 44.2 Å². The Bertz CT molecular complexity index is 1040. The van der Waals surface area contributed by atoms with Gasteiger partial charge in [0.15, 0.2) is 0 Å². The zero-order chi connectivity index (χ0) is 23.0. The first-order valence-corrected chi connectivity index (χ1v) is 12.7. The quantitative estimate of drug-likeness (QED) is 0.306. The Morgan fingerprint density at radius 2 is 1.76 bits per heavy atom. The van der Waals surface area contributed by atoms with E-state index in [1.54, 1.807) is 11.3 Å². The molecule has 2 heterocycles. The second-order valence-electron chi connectivity index (χ2n) is 8.45. The number of ether oxygens (including phenoxy) is 1. The number of hydrogen-bond donors (Lipinski definition) is 0. The number of aryl methyl sites for hydroxylation is 2. The zero-order valence-corrected chi connectivity index (χ0v) is 20.4. The molecular weight excluding hydrogens is 430 g/mol. The van der Waals surface area contributed by atoms with Crippen LogP contribution in [0.5, 0.6) is 0 Å². The van der Waals surface area contributed by atoms with Crippen LogP contribution >= 0.6 is 11.3 Å². The van der Waals surface area contributed by atoms with E-state index in [-0.39, 0.29) is 5.97 Å². The third kappa shape index (κ3) is 5.93. The molecule has 1 aromatic heterocycles. The summed E-state index contributed by atoms with van der Waals surface area (Å²) in [5.41, 5.74) is 6.60. The maximum Gasteiger partial charge on any atom is 0.305 e. The van der Waals surface area contributed by atoms with E-state index in [1.165, 1.54) is 35.2 Å². The molecule has 1 aliphatic heterocycles. The highest BCUT2D eigenvalue weighted by atomic mass is 32.1. The van der Waals surface area contributed by atoms with Crippen LogP contribution in [0.2, 0.25) is 0 Å². The van der Waals surface area contributed by atoms with Gasteiger partial charge in [-0.05, 0) is 61.1 Å². The maximum atomic E-state index is 11.4. The van der Waals surface area contributed by atoms with E-state index in [0.717, 1.165) is 56.9 Å². The number of benzene rings is 2. The van der Waals surface area contributed by atoms with Gasteiger partial charge in [0.25, 0.3) is 0 Å². The van der Waals surface area contributed by atoms with E-state index in [2.05, 4.69) is 64.2 Å². The lowest BCUT2D eigenvalue weighted by Gasteiger charge is -2.37. The fraction of sp³-hybridized carbons (Fsp3) is 0.407. The summed E-state index contributed by atoms with van der Waals surface area (Å²) in [6, 6.07) is 15.7. The highest BCUT2D eigenvalue weighted by Crippen LogP contribution is 2.28. The van der Waals surface area contributed by atoms with Crippen molar-refractivity contribution in [1.29, 1.82) is 0 Å². The van der Waals surface area contributed by atoms with Crippen LogP contribution in [0, 0.1) is 0 Å². The standard InChI is InChI=1S/C27H33N3O2S/c1-3-21-11-12-25(19-22(21)7-4-5-10-26(31)32-2)30-16-14-29(15-17-30)24-9-6-8-23(20-24)27-28-13-18-33-27/h6,8-9,11-13,18-20H,3-5,7,10,14-17H2,1-2H3. The van der Waals surface area contributed by atoms with E-state index in [0.29, 0.717) is 6.42 Å². The minimum atomic E-state index is -0.116. The average molecular weight is 464 g/mol. The minimum Gasteiger partial charge on any atom is -0.469 e. The van der Waals surface area contributed by atoms with Crippen LogP contribution in [0.3, 0.4) is 0 Å². The summed E-state index contributed by atoms with van der Waals surface area (Å²) >= 11 is 1.68. The largest absolute Gasteiger partial charge is 0.469 e. The fourth-order valence-electron chi connectivity index (χ4n) is 4.50. The number of rotatable bonds is 9. The second kappa shape index (κ2) is 11.3. The highest BCUT2D eigenvalue weighted by Gasteiger charge is 2.19. The Morgan fingerprint density at radius 1 is 1.00 bits per heavy atom. The molecule has 33 heavy (non-hydrogen) atoms. The lowest BCUT2D eigenvalue weighted by Crippen LogP contribution is -2.46. The number of anilines is 2. The number of thiazole rings is 1. The van der Waals surface area contributed by atoms with Crippen molar-refractivity contribution in [2.75, 3.05) is 43.1 Å². The third-order valence-corrected chi connectivity index (χ3v) is 7.23. The normalized spacial score (nSPS) is 13.9. The van der Waals surface area contributed by atoms with Gasteiger partial charge >= 0.3 is 5.97 Å². The first-order valence-electron chi connectivity index (χ1n) is 11.9. The lowest BCUT2D eigenvalue weighted by molar-refractivity contribution is -0.140. The van der Waals surface area contributed by atoms with Crippen LogP contribution in [0.25, 0.3) is 10.6 Å². The van der Waals surface area contributed by atoms with Crippen molar-refractivity contribution >= 4 is 28.7 Å². The summed E-state index contributed by atoms with van der Waals surface area (Å²) in [5, 5.41) is 3.10. The van der Waals surface area contributed by atoms with Gasteiger partial charge in [-0.3, -0.25) is 4.79 Å². The maximum absolute atomic E-state index is 11.4. The number of esters is 1. The van der Waals surface area contributed by atoms with Gasteiger partial charge in [-0.1, -0.05) is 25.1 Å². The van der Waals surface area contributed by atoms with Crippen LogP contribution in [-0.2, 0) is 22.4 Å². The summed E-state index contributed by atoms with van der Waals surface area (Å²) in [5.74, 6) is -0.116. The van der Waals surface area contributed by atoms with Gasteiger partial charge < -0.3 is 14.5 Å². The number of methoxy groups -OCH3 is 1. The number of carbonyl (C=O) groups excluding carboxylic acids is 1. The minimum absolute atomic E-state index is 0.116. The molecule has 0 radical (unpaired) electrons. The van der Waals surface area contributed by atoms with Crippen molar-refractivity contribution in [2.24, 2.45) is 0 Å². The molecule has 3 aromatic rings. The molecule has 0 aliphatic carbocycles. The first-order chi connectivity index (χ1) is 16.2. The molecule has 174 valence electrons. The molecule has 1 fully saturated rings. The molecule has 0 saturated carbocycles. The summed E-state index contributed by atoms with van der Waals surface area (Å²) < 4.78 is 4.76. The van der Waals surface area contributed by atoms with Crippen LogP contribution < -0.4 is 9.80 Å². The molecule has 6 heteroatoms. The van der Waals surface area contributed by atoms with Gasteiger partial charge in [0.05, 0.1) is 7.11 Å². The number of unbranched alkanes of at least 4 members (excludes halogenated alkanes) is 1. The van der Waals surface area contributed by atoms with E-state index in [1.807, 2.05) is 11.6 Å². The van der Waals surface area contributed by atoms with E-state index in [9.17, 15) is 4.79 Å². The SMILES string of the molecule is CCc1ccc(N2CCN(c3cccc(-c4nccs4)c3)CC2)cc1CCCCC(=O)OC. The van der Waals surface area contributed by atoms with Crippen molar-refractivity contribution in [1.82, 2.24) is 4.98 Å². The Kier molecular flexibility index (Phi) is 8.00. The van der Waals surface area contributed by atoms with Crippen molar-refractivity contribution < 1.29 is 9.53 Å². The monoisotopic (exact) mass is 463 g/mol. The number of aromatic nitrogens is 1. The molecule has 0 unspecified atom stereocenters. The number of piperazine rings is 1. The van der Waals surface area contributed by atoms with Crippen molar-refractivity contribution in [3.05, 3.63) is 65.2 Å². The molecule has 0 bridgehead atoms. The van der Waals surface area contributed by atoms with Crippen molar-refractivity contribution in [2.45, 2.75) is 39.0 Å². The lowest BCUT2D eigenvalue weighted by atomic mass is 9.98. The van der Waals surface area contributed by atoms with Gasteiger partial charge in [0, 0.05) is 61.1 Å². The second-order valence-corrected chi connectivity index (χ2v) is 9.35. The van der Waals surface area contributed by atoms with Crippen molar-refractivity contribution in [3.8, 4) is 10.6 Å². The number of nitrogens with zero attached hydrogens (tertiary/aromatic N) is 3. The molecule has 0 amide bonds. The highest BCUT2D eigenvalue weighted by molar-refractivity contribution is 7.13. The first kappa shape index (κ1) is 23.3. The Morgan fingerprint density at radius 3 is 2.42 bits per heavy atom. The summed E-state index contributed by atoms with van der Waals surface area (Å²) in [4.78, 5) is 20.8. The van der Waals surface area contributed by atoms with Crippen LogP contribution in [0.15, 0.2) is 54.0 Å². The van der Waals surface area contributed by atoms with Gasteiger partial charge in [0.1, 0.15) is 5.01 Å². The topological polar surface area (TPSA) is 45.7 Å². The Hall–Kier alpha value is -2.86. The summed E-state index contributed by atoms with van der Waals surface area (Å²) in [7, 11) is 1.46. The molecular formula is C27H33N3O2S. The molecule has 5 nitrogen and oxygen atoms in total. The molecule has 0 atom stereocenters. The van der Waals surface area contributed by atoms with Gasteiger partial charge in [-0.2, -0.15) is 0 Å². The van der Waals surface area contributed by atoms with Gasteiger partial charge in [-0.15, -0.1) is 11.3 Å². The molecule has 0 spiro atoms. The molecule has 1 aliphatic rings. The van der Waals surface area contributed by atoms with E-state index in [4.69, 9.17) is 4.74 Å². The van der Waals surface area contributed by atoms with E-state index < -0.39 is 0 Å². The average Bonchev–Trinajstić information content (AvgIpc) is 3.42. The summed E-state index contributed by atoms with van der Waals surface area (Å²) in [6.45, 7) is 6.24. The Labute approximate surface area is 201 Å². The number of carbonyl (C=O) groups is 1.